The molecule has 3 aliphatic rings. The van der Waals surface area contributed by atoms with Gasteiger partial charge in [0.2, 0.25) is 0 Å². The van der Waals surface area contributed by atoms with E-state index in [4.69, 9.17) is 28.4 Å². The number of nitrogens with zero attached hydrogens (tertiary/aromatic N) is 1. The summed E-state index contributed by atoms with van der Waals surface area (Å²) in [5, 5.41) is 0.873. The molecule has 2 aromatic rings. The second kappa shape index (κ2) is 8.70. The highest BCUT2D eigenvalue weighted by Gasteiger charge is 2.60. The fraction of sp³-hybridized carbons (Fsp3) is 0.538. The monoisotopic (exact) mass is 469 g/mol. The number of aromatic nitrogens is 1. The van der Waals surface area contributed by atoms with Gasteiger partial charge in [0.1, 0.15) is 31.0 Å². The van der Waals surface area contributed by atoms with Crippen LogP contribution in [0.2, 0.25) is 0 Å². The summed E-state index contributed by atoms with van der Waals surface area (Å²) < 4.78 is 35.9. The van der Waals surface area contributed by atoms with Crippen LogP contribution in [0.1, 0.15) is 57.0 Å². The number of hydrogen-bond acceptors (Lipinski definition) is 8. The van der Waals surface area contributed by atoms with Crippen molar-refractivity contribution in [2.45, 2.75) is 83.3 Å². The molecule has 8 heteroatoms. The molecule has 5 atom stereocenters. The van der Waals surface area contributed by atoms with Crippen molar-refractivity contribution in [2.24, 2.45) is 0 Å². The van der Waals surface area contributed by atoms with Gasteiger partial charge in [0.25, 0.3) is 0 Å². The number of carbonyl (C=O) groups excluding carboxylic acids is 1. The van der Waals surface area contributed by atoms with Crippen LogP contribution in [-0.4, -0.2) is 59.8 Å². The third-order valence-corrected chi connectivity index (χ3v) is 6.12. The second-order valence-electron chi connectivity index (χ2n) is 9.79. The van der Waals surface area contributed by atoms with Gasteiger partial charge in [-0.05, 0) is 57.9 Å². The van der Waals surface area contributed by atoms with E-state index in [0.29, 0.717) is 5.56 Å². The fourth-order valence-corrected chi connectivity index (χ4v) is 4.69. The second-order valence-corrected chi connectivity index (χ2v) is 9.79. The minimum Gasteiger partial charge on any atom is -0.459 e. The Bertz CT molecular complexity index is 1110. The number of esters is 1. The first-order chi connectivity index (χ1) is 16.1. The van der Waals surface area contributed by atoms with Gasteiger partial charge in [0, 0.05) is 11.6 Å². The van der Waals surface area contributed by atoms with E-state index >= 15 is 0 Å². The smallest absolute Gasteiger partial charge is 0.339 e. The molecule has 3 aliphatic heterocycles. The van der Waals surface area contributed by atoms with Crippen LogP contribution in [0.3, 0.4) is 0 Å². The number of ether oxygens (including phenoxy) is 6. The normalized spacial score (nSPS) is 31.5. The topological polar surface area (TPSA) is 85.3 Å². The first-order valence-corrected chi connectivity index (χ1v) is 11.7. The third-order valence-electron chi connectivity index (χ3n) is 6.12. The molecule has 3 fully saturated rings. The molecule has 8 nitrogen and oxygen atoms in total. The Morgan fingerprint density at radius 3 is 2.56 bits per heavy atom. The summed E-state index contributed by atoms with van der Waals surface area (Å²) in [6.45, 7) is 9.42. The lowest BCUT2D eigenvalue weighted by Gasteiger charge is -2.36. The lowest BCUT2D eigenvalue weighted by atomic mass is 9.99. The van der Waals surface area contributed by atoms with Gasteiger partial charge in [-0.1, -0.05) is 25.1 Å². The number of carbonyl (C=O) groups is 1. The lowest BCUT2D eigenvalue weighted by molar-refractivity contribution is -0.240. The summed E-state index contributed by atoms with van der Waals surface area (Å²) in [4.78, 5) is 17.3. The first-order valence-electron chi connectivity index (χ1n) is 11.7. The van der Waals surface area contributed by atoms with Gasteiger partial charge in [-0.15, -0.1) is 0 Å². The van der Waals surface area contributed by atoms with Crippen LogP contribution in [0.5, 0.6) is 0 Å². The van der Waals surface area contributed by atoms with Gasteiger partial charge in [0.05, 0.1) is 11.1 Å². The molecule has 3 saturated heterocycles. The van der Waals surface area contributed by atoms with Gasteiger partial charge >= 0.3 is 5.97 Å². The molecule has 0 aliphatic carbocycles. The highest BCUT2D eigenvalue weighted by molar-refractivity contribution is 5.94. The highest BCUT2D eigenvalue weighted by Crippen LogP contribution is 2.44. The summed E-state index contributed by atoms with van der Waals surface area (Å²) >= 11 is 0. The molecule has 34 heavy (non-hydrogen) atoms. The zero-order chi connectivity index (χ0) is 24.1. The maximum absolute atomic E-state index is 12.9. The van der Waals surface area contributed by atoms with Crippen molar-refractivity contribution >= 4 is 22.9 Å². The van der Waals surface area contributed by atoms with E-state index in [1.54, 1.807) is 6.07 Å². The predicted octanol–water partition coefficient (Wildman–Crippen LogP) is 4.21. The van der Waals surface area contributed by atoms with Crippen LogP contribution in [0.25, 0.3) is 17.0 Å². The zero-order valence-corrected chi connectivity index (χ0v) is 20.1. The minimum atomic E-state index is -0.807. The van der Waals surface area contributed by atoms with E-state index < -0.39 is 48.2 Å². The molecule has 0 spiro atoms. The molecule has 1 aromatic heterocycles. The zero-order valence-electron chi connectivity index (χ0n) is 20.1. The molecule has 0 saturated carbocycles. The summed E-state index contributed by atoms with van der Waals surface area (Å²) in [6.07, 6.45) is 4.16. The summed E-state index contributed by atoms with van der Waals surface area (Å²) in [5.41, 5.74) is 2.25. The first kappa shape index (κ1) is 23.4. The minimum absolute atomic E-state index is 0.0102. The Labute approximate surface area is 199 Å². The molecule has 0 radical (unpaired) electrons. The van der Waals surface area contributed by atoms with Crippen LogP contribution in [0.4, 0.5) is 0 Å². The maximum atomic E-state index is 12.9. The van der Waals surface area contributed by atoms with Crippen molar-refractivity contribution in [2.75, 3.05) is 6.61 Å². The van der Waals surface area contributed by atoms with Crippen LogP contribution < -0.4 is 0 Å². The predicted molar refractivity (Wildman–Crippen MR) is 124 cm³/mol. The molecular formula is C26H31NO7. The molecule has 4 heterocycles. The van der Waals surface area contributed by atoms with Gasteiger partial charge in [0.15, 0.2) is 17.9 Å². The van der Waals surface area contributed by atoms with E-state index in [-0.39, 0.29) is 6.61 Å². The van der Waals surface area contributed by atoms with Crippen LogP contribution in [0, 0.1) is 0 Å². The molecular weight excluding hydrogens is 438 g/mol. The largest absolute Gasteiger partial charge is 0.459 e. The van der Waals surface area contributed by atoms with Crippen molar-refractivity contribution in [3.8, 4) is 0 Å². The Morgan fingerprint density at radius 2 is 1.76 bits per heavy atom. The Hall–Kier alpha value is -2.36. The molecule has 5 rings (SSSR count). The van der Waals surface area contributed by atoms with Gasteiger partial charge in [-0.2, -0.15) is 0 Å². The van der Waals surface area contributed by atoms with E-state index in [9.17, 15) is 4.79 Å². The average Bonchev–Trinajstić information content (AvgIpc) is 3.29. The summed E-state index contributed by atoms with van der Waals surface area (Å²) in [6, 6.07) is 7.75. The molecule has 0 N–H and O–H groups in total. The maximum Gasteiger partial charge on any atom is 0.339 e. The fourth-order valence-electron chi connectivity index (χ4n) is 4.69. The van der Waals surface area contributed by atoms with Crippen LogP contribution in [-0.2, 0) is 28.4 Å². The van der Waals surface area contributed by atoms with Gasteiger partial charge < -0.3 is 28.4 Å². The number of benzene rings is 1. The average molecular weight is 470 g/mol. The molecule has 0 bridgehead atoms. The summed E-state index contributed by atoms with van der Waals surface area (Å²) in [7, 11) is 0. The number of fused-ring (bicyclic) bond motifs is 4. The molecule has 182 valence electrons. The standard InChI is InChI=1S/C26H31NO7/c1-6-7-8-15-9-10-18-16(11-15)12-17(13-27-18)23(28)29-14-19-20-21(32-25(2,3)31-20)22-24(30-19)34-26(4,5)33-22/h7-13,19-22,24H,6,14H2,1-5H3/b8-7+/t19-,20+,21+,22-,24-/m1/s1. The lowest BCUT2D eigenvalue weighted by Crippen LogP contribution is -2.56. The Balaban J connectivity index is 1.30. The molecule has 0 amide bonds. The number of hydrogen-bond donors (Lipinski definition) is 0. The number of rotatable bonds is 5. The van der Waals surface area contributed by atoms with E-state index in [1.165, 1.54) is 6.20 Å². The number of pyridine rings is 1. The Kier molecular flexibility index (Phi) is 5.98. The van der Waals surface area contributed by atoms with Crippen molar-refractivity contribution in [3.63, 3.8) is 0 Å². The SMILES string of the molecule is CC/C=C/c1ccc2ncc(C(=O)OC[C@H]3O[C@@H]4OC(C)(C)O[C@@H]4[C@H]4OC(C)(C)O[C@H]43)cc2c1. The van der Waals surface area contributed by atoms with E-state index in [1.807, 2.05) is 45.9 Å². The van der Waals surface area contributed by atoms with Gasteiger partial charge in [-0.25, -0.2) is 4.79 Å². The Morgan fingerprint density at radius 1 is 1.03 bits per heavy atom. The third kappa shape index (κ3) is 4.61. The van der Waals surface area contributed by atoms with Crippen molar-refractivity contribution in [1.82, 2.24) is 4.98 Å². The molecule has 1 aromatic carbocycles. The highest BCUT2D eigenvalue weighted by atomic mass is 16.9. The quantitative estimate of drug-likeness (QED) is 0.602. The van der Waals surface area contributed by atoms with Gasteiger partial charge in [-0.3, -0.25) is 4.98 Å². The van der Waals surface area contributed by atoms with Crippen LogP contribution in [0.15, 0.2) is 36.5 Å². The van der Waals surface area contributed by atoms with Crippen molar-refractivity contribution < 1.29 is 33.2 Å². The van der Waals surface area contributed by atoms with E-state index in [0.717, 1.165) is 22.9 Å². The number of allylic oxidation sites excluding steroid dienone is 1. The van der Waals surface area contributed by atoms with Crippen molar-refractivity contribution in [1.29, 1.82) is 0 Å². The molecule has 0 unspecified atom stereocenters. The summed E-state index contributed by atoms with van der Waals surface area (Å²) in [5.74, 6) is -2.09. The van der Waals surface area contributed by atoms with E-state index in [2.05, 4.69) is 24.1 Å². The van der Waals surface area contributed by atoms with Crippen LogP contribution >= 0.6 is 0 Å². The van der Waals surface area contributed by atoms with Crippen molar-refractivity contribution in [3.05, 3.63) is 47.7 Å².